The highest BCUT2D eigenvalue weighted by Gasteiger charge is 2.29. The summed E-state index contributed by atoms with van der Waals surface area (Å²) in [5, 5.41) is 5.42. The van der Waals surface area contributed by atoms with Crippen molar-refractivity contribution in [3.8, 4) is 0 Å². The number of carbonyl (C=O) groups excluding carboxylic acids is 1. The zero-order chi connectivity index (χ0) is 16.4. The number of nitrogens with zero attached hydrogens (tertiary/aromatic N) is 1. The number of hydrogen-bond acceptors (Lipinski definition) is 3. The Morgan fingerprint density at radius 3 is 2.96 bits per heavy atom. The smallest absolute Gasteiger partial charge is 0.234 e. The summed E-state index contributed by atoms with van der Waals surface area (Å²) in [5.74, 6) is 0.167. The molecule has 2 heterocycles. The molecule has 1 aromatic heterocycles. The Bertz CT molecular complexity index is 697. The zero-order valence-electron chi connectivity index (χ0n) is 13.9. The normalized spacial score (nSPS) is 23.8. The third kappa shape index (κ3) is 3.26. The van der Waals surface area contributed by atoms with Crippen LogP contribution < -0.4 is 5.32 Å². The standard InChI is InChI=1S/C20H24N2OS/c23-20(14-22-12-4-10-18(22)19-11-5-13-24-19)21-17-9-3-7-15-6-1-2-8-16(15)17/h1-2,5-6,8,11,13,17-18H,3-4,7,9-10,12,14H2,(H,21,23)/t17-,18+/m0/s1. The SMILES string of the molecule is O=C(CN1CCC[C@@H]1c1cccs1)N[C@H]1CCCc2ccccc21. The van der Waals surface area contributed by atoms with Crippen molar-refractivity contribution in [1.82, 2.24) is 10.2 Å². The number of aryl methyl sites for hydroxylation is 1. The molecular weight excluding hydrogens is 316 g/mol. The molecule has 1 saturated heterocycles. The topological polar surface area (TPSA) is 32.3 Å². The van der Waals surface area contributed by atoms with Crippen molar-refractivity contribution >= 4 is 17.2 Å². The van der Waals surface area contributed by atoms with Crippen molar-refractivity contribution < 1.29 is 4.79 Å². The summed E-state index contributed by atoms with van der Waals surface area (Å²) < 4.78 is 0. The summed E-state index contributed by atoms with van der Waals surface area (Å²) >= 11 is 1.80. The highest BCUT2D eigenvalue weighted by Crippen LogP contribution is 2.34. The molecule has 1 N–H and O–H groups in total. The number of hydrogen-bond donors (Lipinski definition) is 1. The Morgan fingerprint density at radius 2 is 2.08 bits per heavy atom. The fourth-order valence-corrected chi connectivity index (χ4v) is 5.04. The van der Waals surface area contributed by atoms with E-state index in [2.05, 4.69) is 52.0 Å². The van der Waals surface area contributed by atoms with Crippen molar-refractivity contribution in [2.75, 3.05) is 13.1 Å². The molecule has 0 unspecified atom stereocenters. The van der Waals surface area contributed by atoms with Crippen LogP contribution in [-0.4, -0.2) is 23.9 Å². The molecule has 2 atom stereocenters. The van der Waals surface area contributed by atoms with Crippen molar-refractivity contribution in [3.63, 3.8) is 0 Å². The number of amides is 1. The second-order valence-corrected chi connectivity index (χ2v) is 7.83. The van der Waals surface area contributed by atoms with Gasteiger partial charge in [-0.3, -0.25) is 9.69 Å². The maximum atomic E-state index is 12.6. The number of benzene rings is 1. The summed E-state index contributed by atoms with van der Waals surface area (Å²) in [4.78, 5) is 16.4. The highest BCUT2D eigenvalue weighted by molar-refractivity contribution is 7.10. The van der Waals surface area contributed by atoms with Gasteiger partial charge >= 0.3 is 0 Å². The van der Waals surface area contributed by atoms with E-state index in [1.807, 2.05) is 0 Å². The first-order chi connectivity index (χ1) is 11.8. The van der Waals surface area contributed by atoms with Gasteiger partial charge in [-0.05, 0) is 61.2 Å². The lowest BCUT2D eigenvalue weighted by molar-refractivity contribution is -0.123. The molecule has 4 heteroatoms. The summed E-state index contributed by atoms with van der Waals surface area (Å²) in [6.07, 6.45) is 5.69. The minimum Gasteiger partial charge on any atom is -0.348 e. The predicted molar refractivity (Wildman–Crippen MR) is 98.1 cm³/mol. The van der Waals surface area contributed by atoms with Crippen LogP contribution in [0.1, 0.15) is 53.8 Å². The van der Waals surface area contributed by atoms with E-state index in [1.165, 1.54) is 28.8 Å². The van der Waals surface area contributed by atoms with Crippen LogP contribution in [0.2, 0.25) is 0 Å². The third-order valence-corrected chi connectivity index (χ3v) is 6.26. The molecule has 24 heavy (non-hydrogen) atoms. The molecule has 1 aromatic carbocycles. The average molecular weight is 340 g/mol. The van der Waals surface area contributed by atoms with Crippen LogP contribution in [0.25, 0.3) is 0 Å². The molecule has 3 nitrogen and oxygen atoms in total. The van der Waals surface area contributed by atoms with E-state index in [-0.39, 0.29) is 11.9 Å². The van der Waals surface area contributed by atoms with Gasteiger partial charge in [-0.15, -0.1) is 11.3 Å². The maximum absolute atomic E-state index is 12.6. The third-order valence-electron chi connectivity index (χ3n) is 5.29. The van der Waals surface area contributed by atoms with Crippen molar-refractivity contribution in [3.05, 3.63) is 57.8 Å². The molecule has 4 rings (SSSR count). The summed E-state index contributed by atoms with van der Waals surface area (Å²) in [6.45, 7) is 1.54. The maximum Gasteiger partial charge on any atom is 0.234 e. The Balaban J connectivity index is 1.41. The van der Waals surface area contributed by atoms with Crippen LogP contribution in [0.15, 0.2) is 41.8 Å². The van der Waals surface area contributed by atoms with Gasteiger partial charge < -0.3 is 5.32 Å². The van der Waals surface area contributed by atoms with Gasteiger partial charge in [0.25, 0.3) is 0 Å². The number of carbonyl (C=O) groups is 1. The summed E-state index contributed by atoms with van der Waals surface area (Å²) in [6, 6.07) is 13.5. The fraction of sp³-hybridized carbons (Fsp3) is 0.450. The van der Waals surface area contributed by atoms with Crippen LogP contribution >= 0.6 is 11.3 Å². The molecule has 0 spiro atoms. The van der Waals surface area contributed by atoms with Crippen LogP contribution in [0.4, 0.5) is 0 Å². The quantitative estimate of drug-likeness (QED) is 0.909. The van der Waals surface area contributed by atoms with Crippen LogP contribution in [0, 0.1) is 0 Å². The van der Waals surface area contributed by atoms with Gasteiger partial charge in [-0.1, -0.05) is 30.3 Å². The number of nitrogens with one attached hydrogen (secondary N) is 1. The summed E-state index contributed by atoms with van der Waals surface area (Å²) in [7, 11) is 0. The monoisotopic (exact) mass is 340 g/mol. The van der Waals surface area contributed by atoms with Crippen molar-refractivity contribution in [2.45, 2.75) is 44.2 Å². The second kappa shape index (κ2) is 7.08. The van der Waals surface area contributed by atoms with E-state index in [1.54, 1.807) is 11.3 Å². The number of fused-ring (bicyclic) bond motifs is 1. The molecule has 2 aromatic rings. The number of likely N-dealkylation sites (tertiary alicyclic amines) is 1. The predicted octanol–water partition coefficient (Wildman–Crippen LogP) is 4.08. The van der Waals surface area contributed by atoms with E-state index < -0.39 is 0 Å². The molecule has 2 aliphatic rings. The largest absolute Gasteiger partial charge is 0.348 e. The van der Waals surface area contributed by atoms with Crippen LogP contribution in [0.3, 0.4) is 0 Å². The molecule has 0 bridgehead atoms. The lowest BCUT2D eigenvalue weighted by Gasteiger charge is -2.28. The Labute approximate surface area is 147 Å². The van der Waals surface area contributed by atoms with Gasteiger partial charge in [0, 0.05) is 10.9 Å². The van der Waals surface area contributed by atoms with Gasteiger partial charge in [0.15, 0.2) is 0 Å². The number of thiophene rings is 1. The van der Waals surface area contributed by atoms with Crippen molar-refractivity contribution in [1.29, 1.82) is 0 Å². The minimum absolute atomic E-state index is 0.167. The van der Waals surface area contributed by atoms with Gasteiger partial charge in [-0.2, -0.15) is 0 Å². The molecule has 0 saturated carbocycles. The zero-order valence-corrected chi connectivity index (χ0v) is 14.7. The van der Waals surface area contributed by atoms with Crippen LogP contribution in [0.5, 0.6) is 0 Å². The molecule has 0 radical (unpaired) electrons. The summed E-state index contributed by atoms with van der Waals surface area (Å²) in [5.41, 5.74) is 2.71. The first-order valence-corrected chi connectivity index (χ1v) is 9.84. The van der Waals surface area contributed by atoms with E-state index in [4.69, 9.17) is 0 Å². The van der Waals surface area contributed by atoms with Crippen LogP contribution in [-0.2, 0) is 11.2 Å². The lowest BCUT2D eigenvalue weighted by atomic mass is 9.88. The average Bonchev–Trinajstić information content (AvgIpc) is 3.26. The lowest BCUT2D eigenvalue weighted by Crippen LogP contribution is -2.39. The van der Waals surface area contributed by atoms with Gasteiger partial charge in [0.2, 0.25) is 5.91 Å². The van der Waals surface area contributed by atoms with E-state index in [0.717, 1.165) is 25.8 Å². The molecule has 1 aliphatic heterocycles. The Hall–Kier alpha value is -1.65. The van der Waals surface area contributed by atoms with Gasteiger partial charge in [-0.25, -0.2) is 0 Å². The Kier molecular flexibility index (Phi) is 4.67. The van der Waals surface area contributed by atoms with E-state index >= 15 is 0 Å². The minimum atomic E-state index is 0.167. The second-order valence-electron chi connectivity index (χ2n) is 6.86. The van der Waals surface area contributed by atoms with Crippen molar-refractivity contribution in [2.24, 2.45) is 0 Å². The molecule has 1 amide bonds. The van der Waals surface area contributed by atoms with Gasteiger partial charge in [0.1, 0.15) is 0 Å². The van der Waals surface area contributed by atoms with E-state index in [9.17, 15) is 4.79 Å². The fourth-order valence-electron chi connectivity index (χ4n) is 4.15. The first-order valence-electron chi connectivity index (χ1n) is 8.96. The van der Waals surface area contributed by atoms with Gasteiger partial charge in [0.05, 0.1) is 12.6 Å². The number of rotatable bonds is 4. The molecule has 1 fully saturated rings. The molecular formula is C20H24N2OS. The van der Waals surface area contributed by atoms with E-state index in [0.29, 0.717) is 12.6 Å². The highest BCUT2D eigenvalue weighted by atomic mass is 32.1. The first kappa shape index (κ1) is 15.9. The Morgan fingerprint density at radius 1 is 1.17 bits per heavy atom. The molecule has 1 aliphatic carbocycles. The molecule has 126 valence electrons.